The highest BCUT2D eigenvalue weighted by Gasteiger charge is 2.34. The number of ether oxygens (including phenoxy) is 3. The van der Waals surface area contributed by atoms with Gasteiger partial charge in [0.25, 0.3) is 0 Å². The Kier molecular flexibility index (Phi) is 4.16. The molecule has 1 N–H and O–H groups in total. The maximum absolute atomic E-state index is 12.7. The van der Waals surface area contributed by atoms with E-state index in [1.54, 1.807) is 18.2 Å². The molecule has 2 atom stereocenters. The molecule has 0 bridgehead atoms. The standard InChI is InChI=1S/C14H20N2O5S/c1-10-9-21-11(2)8-16(10)22(17,18)15-12-4-3-5-13-14(12)20-7-6-19-13/h3-5,10-11,15H,6-9H2,1-2H3. The Morgan fingerprint density at radius 1 is 1.23 bits per heavy atom. The fourth-order valence-electron chi connectivity index (χ4n) is 2.56. The molecule has 2 aliphatic rings. The van der Waals surface area contributed by atoms with Crippen LogP contribution in [0.5, 0.6) is 11.5 Å². The van der Waals surface area contributed by atoms with Crippen LogP contribution in [-0.2, 0) is 14.9 Å². The quantitative estimate of drug-likeness (QED) is 0.903. The summed E-state index contributed by atoms with van der Waals surface area (Å²) in [6.45, 7) is 5.25. The maximum Gasteiger partial charge on any atom is 0.302 e. The van der Waals surface area contributed by atoms with E-state index in [2.05, 4.69) is 4.72 Å². The van der Waals surface area contributed by atoms with Crippen molar-refractivity contribution in [3.8, 4) is 11.5 Å². The number of morpholine rings is 1. The van der Waals surface area contributed by atoms with Crippen molar-refractivity contribution in [3.05, 3.63) is 18.2 Å². The minimum absolute atomic E-state index is 0.128. The molecule has 1 aromatic rings. The second-order valence-corrected chi connectivity index (χ2v) is 7.12. The Morgan fingerprint density at radius 3 is 2.82 bits per heavy atom. The molecule has 0 spiro atoms. The van der Waals surface area contributed by atoms with E-state index in [0.29, 0.717) is 43.6 Å². The Balaban J connectivity index is 1.85. The third kappa shape index (κ3) is 2.99. The van der Waals surface area contributed by atoms with Crippen LogP contribution in [0.15, 0.2) is 18.2 Å². The summed E-state index contributed by atoms with van der Waals surface area (Å²) in [7, 11) is -3.68. The van der Waals surface area contributed by atoms with Gasteiger partial charge in [-0.3, -0.25) is 4.72 Å². The van der Waals surface area contributed by atoms with Crippen LogP contribution >= 0.6 is 0 Å². The van der Waals surface area contributed by atoms with Crippen molar-refractivity contribution in [2.45, 2.75) is 26.0 Å². The molecule has 2 aliphatic heterocycles. The average molecular weight is 328 g/mol. The van der Waals surface area contributed by atoms with Crippen molar-refractivity contribution in [2.75, 3.05) is 31.1 Å². The SMILES string of the molecule is CC1CN(S(=O)(=O)Nc2cccc3c2OCCO3)C(C)CO1. The molecule has 0 aromatic heterocycles. The minimum Gasteiger partial charge on any atom is -0.486 e. The van der Waals surface area contributed by atoms with Crippen molar-refractivity contribution in [3.63, 3.8) is 0 Å². The van der Waals surface area contributed by atoms with Crippen molar-refractivity contribution in [2.24, 2.45) is 0 Å². The number of para-hydroxylation sites is 1. The second kappa shape index (κ2) is 5.94. The predicted octanol–water partition coefficient (Wildman–Crippen LogP) is 1.22. The Bertz CT molecular complexity index is 649. The van der Waals surface area contributed by atoms with E-state index in [-0.39, 0.29) is 12.1 Å². The van der Waals surface area contributed by atoms with Crippen molar-refractivity contribution >= 4 is 15.9 Å². The summed E-state index contributed by atoms with van der Waals surface area (Å²) < 4.78 is 45.8. The van der Waals surface area contributed by atoms with Gasteiger partial charge in [-0.25, -0.2) is 0 Å². The maximum atomic E-state index is 12.7. The third-order valence-corrected chi connectivity index (χ3v) is 5.27. The Hall–Kier alpha value is -1.51. The summed E-state index contributed by atoms with van der Waals surface area (Å²) in [4.78, 5) is 0. The van der Waals surface area contributed by atoms with Crippen LogP contribution in [0.4, 0.5) is 5.69 Å². The molecule has 2 heterocycles. The fraction of sp³-hybridized carbons (Fsp3) is 0.571. The van der Waals surface area contributed by atoms with Crippen LogP contribution < -0.4 is 14.2 Å². The smallest absolute Gasteiger partial charge is 0.302 e. The highest BCUT2D eigenvalue weighted by molar-refractivity contribution is 7.90. The van der Waals surface area contributed by atoms with Gasteiger partial charge in [-0.2, -0.15) is 12.7 Å². The minimum atomic E-state index is -3.68. The van der Waals surface area contributed by atoms with Gasteiger partial charge in [0.1, 0.15) is 13.2 Å². The molecule has 3 rings (SSSR count). The lowest BCUT2D eigenvalue weighted by molar-refractivity contribution is -0.0168. The zero-order chi connectivity index (χ0) is 15.7. The number of hydrogen-bond acceptors (Lipinski definition) is 5. The lowest BCUT2D eigenvalue weighted by Crippen LogP contribution is -2.51. The van der Waals surface area contributed by atoms with E-state index in [1.165, 1.54) is 4.31 Å². The highest BCUT2D eigenvalue weighted by Crippen LogP contribution is 2.38. The molecule has 0 saturated carbocycles. The van der Waals surface area contributed by atoms with E-state index in [4.69, 9.17) is 14.2 Å². The zero-order valence-electron chi connectivity index (χ0n) is 12.6. The molecule has 122 valence electrons. The number of benzene rings is 1. The van der Waals surface area contributed by atoms with Gasteiger partial charge in [-0.05, 0) is 26.0 Å². The van der Waals surface area contributed by atoms with Gasteiger partial charge in [0.15, 0.2) is 11.5 Å². The normalized spacial score (nSPS) is 25.7. The van der Waals surface area contributed by atoms with Crippen molar-refractivity contribution < 1.29 is 22.6 Å². The van der Waals surface area contributed by atoms with Gasteiger partial charge in [-0.1, -0.05) is 6.07 Å². The van der Waals surface area contributed by atoms with Gasteiger partial charge in [0.05, 0.1) is 18.4 Å². The first-order valence-electron chi connectivity index (χ1n) is 7.27. The van der Waals surface area contributed by atoms with E-state index in [9.17, 15) is 8.42 Å². The topological polar surface area (TPSA) is 77.1 Å². The van der Waals surface area contributed by atoms with Crippen LogP contribution in [0.2, 0.25) is 0 Å². The lowest BCUT2D eigenvalue weighted by Gasteiger charge is -2.35. The van der Waals surface area contributed by atoms with Gasteiger partial charge in [-0.15, -0.1) is 0 Å². The molecule has 2 unspecified atom stereocenters. The molecule has 22 heavy (non-hydrogen) atoms. The number of anilines is 1. The number of rotatable bonds is 3. The van der Waals surface area contributed by atoms with Crippen molar-refractivity contribution in [1.82, 2.24) is 4.31 Å². The zero-order valence-corrected chi connectivity index (χ0v) is 13.4. The Morgan fingerprint density at radius 2 is 2.00 bits per heavy atom. The van der Waals surface area contributed by atoms with Crippen LogP contribution in [0.3, 0.4) is 0 Å². The summed E-state index contributed by atoms with van der Waals surface area (Å²) >= 11 is 0. The van der Waals surface area contributed by atoms with Crippen LogP contribution in [0.1, 0.15) is 13.8 Å². The van der Waals surface area contributed by atoms with Gasteiger partial charge >= 0.3 is 10.2 Å². The van der Waals surface area contributed by atoms with E-state index >= 15 is 0 Å². The van der Waals surface area contributed by atoms with E-state index in [1.807, 2.05) is 13.8 Å². The molecule has 8 heteroatoms. The highest BCUT2D eigenvalue weighted by atomic mass is 32.2. The molecule has 1 aromatic carbocycles. The van der Waals surface area contributed by atoms with Gasteiger partial charge < -0.3 is 14.2 Å². The number of nitrogens with zero attached hydrogens (tertiary/aromatic N) is 1. The monoisotopic (exact) mass is 328 g/mol. The van der Waals surface area contributed by atoms with Gasteiger partial charge in [0.2, 0.25) is 0 Å². The molecular formula is C14H20N2O5S. The summed E-state index contributed by atoms with van der Waals surface area (Å²) in [6.07, 6.45) is -0.128. The molecule has 0 aliphatic carbocycles. The van der Waals surface area contributed by atoms with Crippen molar-refractivity contribution in [1.29, 1.82) is 0 Å². The van der Waals surface area contributed by atoms with Gasteiger partial charge in [0, 0.05) is 12.6 Å². The molecule has 1 saturated heterocycles. The summed E-state index contributed by atoms with van der Waals surface area (Å²) in [6, 6.07) is 4.94. The summed E-state index contributed by atoms with van der Waals surface area (Å²) in [5.74, 6) is 0.987. The first kappa shape index (κ1) is 15.4. The third-order valence-electron chi connectivity index (χ3n) is 3.66. The molecular weight excluding hydrogens is 308 g/mol. The fourth-order valence-corrected chi connectivity index (χ4v) is 4.06. The van der Waals surface area contributed by atoms with Crippen LogP contribution in [0, 0.1) is 0 Å². The lowest BCUT2D eigenvalue weighted by atomic mass is 10.2. The Labute approximate surface area is 130 Å². The molecule has 7 nitrogen and oxygen atoms in total. The molecule has 0 amide bonds. The van der Waals surface area contributed by atoms with E-state index < -0.39 is 10.2 Å². The van der Waals surface area contributed by atoms with Crippen LogP contribution in [-0.4, -0.2) is 51.2 Å². The largest absolute Gasteiger partial charge is 0.486 e. The number of hydrogen-bond donors (Lipinski definition) is 1. The second-order valence-electron chi connectivity index (χ2n) is 5.50. The number of fused-ring (bicyclic) bond motifs is 1. The first-order chi connectivity index (χ1) is 10.5. The summed E-state index contributed by atoms with van der Waals surface area (Å²) in [5.41, 5.74) is 0.392. The molecule has 0 radical (unpaired) electrons. The number of nitrogens with one attached hydrogen (secondary N) is 1. The predicted molar refractivity (Wildman–Crippen MR) is 81.6 cm³/mol. The van der Waals surface area contributed by atoms with Crippen LogP contribution in [0.25, 0.3) is 0 Å². The first-order valence-corrected chi connectivity index (χ1v) is 8.71. The van der Waals surface area contributed by atoms with E-state index in [0.717, 1.165) is 0 Å². The summed E-state index contributed by atoms with van der Waals surface area (Å²) in [5, 5.41) is 0. The molecule has 1 fully saturated rings. The average Bonchev–Trinajstić information content (AvgIpc) is 2.50.